The molecule has 0 bridgehead atoms. The molecule has 1 N–H and O–H groups in total. The van der Waals surface area contributed by atoms with Crippen molar-refractivity contribution in [3.63, 3.8) is 0 Å². The van der Waals surface area contributed by atoms with Crippen LogP contribution in [0.15, 0.2) is 41.0 Å². The van der Waals surface area contributed by atoms with Gasteiger partial charge in [0.2, 0.25) is 5.91 Å². The van der Waals surface area contributed by atoms with E-state index in [2.05, 4.69) is 5.32 Å². The molecule has 3 rings (SSSR count). The average molecular weight is 314 g/mol. The van der Waals surface area contributed by atoms with Crippen LogP contribution >= 0.6 is 0 Å². The van der Waals surface area contributed by atoms with Crippen molar-refractivity contribution in [2.45, 2.75) is 13.8 Å². The van der Waals surface area contributed by atoms with Crippen LogP contribution in [0, 0.1) is 5.41 Å². The number of rotatable bonds is 2. The molecule has 1 aromatic heterocycles. The van der Waals surface area contributed by atoms with Crippen molar-refractivity contribution in [3.05, 3.63) is 42.4 Å². The molecule has 0 aliphatic carbocycles. The molecule has 2 aromatic rings. The topological polar surface area (TPSA) is 71.8 Å². The van der Waals surface area contributed by atoms with Crippen LogP contribution < -0.4 is 15.0 Å². The number of amides is 2. The summed E-state index contributed by atoms with van der Waals surface area (Å²) in [6.45, 7) is 3.97. The van der Waals surface area contributed by atoms with Gasteiger partial charge in [-0.15, -0.1) is 0 Å². The Bertz CT molecular complexity index is 750. The van der Waals surface area contributed by atoms with Crippen LogP contribution in [0.4, 0.5) is 11.4 Å². The number of anilines is 2. The zero-order valence-corrected chi connectivity index (χ0v) is 13.3. The van der Waals surface area contributed by atoms with Gasteiger partial charge in [0.15, 0.2) is 5.76 Å². The number of carbonyl (C=O) groups excluding carboxylic acids is 2. The summed E-state index contributed by atoms with van der Waals surface area (Å²) in [6.07, 6.45) is 1.44. The van der Waals surface area contributed by atoms with Crippen LogP contribution in [-0.2, 0) is 4.79 Å². The van der Waals surface area contributed by atoms with Gasteiger partial charge in [-0.05, 0) is 38.1 Å². The first kappa shape index (κ1) is 15.1. The van der Waals surface area contributed by atoms with Crippen molar-refractivity contribution in [3.8, 4) is 5.75 Å². The minimum Gasteiger partial charge on any atom is -0.490 e. The lowest BCUT2D eigenvalue weighted by atomic mass is 9.93. The van der Waals surface area contributed by atoms with Crippen molar-refractivity contribution in [2.75, 3.05) is 23.9 Å². The summed E-state index contributed by atoms with van der Waals surface area (Å²) in [7, 11) is 1.72. The predicted octanol–water partition coefficient (Wildman–Crippen LogP) is 2.91. The van der Waals surface area contributed by atoms with Crippen molar-refractivity contribution < 1.29 is 18.7 Å². The number of nitrogens with one attached hydrogen (secondary N) is 1. The van der Waals surface area contributed by atoms with Gasteiger partial charge in [0.25, 0.3) is 5.91 Å². The van der Waals surface area contributed by atoms with Crippen molar-refractivity contribution in [2.24, 2.45) is 5.41 Å². The Kier molecular flexibility index (Phi) is 3.60. The quantitative estimate of drug-likeness (QED) is 0.925. The maximum absolute atomic E-state index is 12.4. The second-order valence-corrected chi connectivity index (χ2v) is 6.15. The van der Waals surface area contributed by atoms with E-state index >= 15 is 0 Å². The highest BCUT2D eigenvalue weighted by atomic mass is 16.5. The highest BCUT2D eigenvalue weighted by Gasteiger charge is 2.36. The Morgan fingerprint density at radius 1 is 1.30 bits per heavy atom. The molecule has 120 valence electrons. The van der Waals surface area contributed by atoms with Gasteiger partial charge in [-0.2, -0.15) is 0 Å². The lowest BCUT2D eigenvalue weighted by Crippen LogP contribution is -2.39. The van der Waals surface area contributed by atoms with Crippen molar-refractivity contribution in [1.29, 1.82) is 0 Å². The first-order chi connectivity index (χ1) is 10.9. The molecule has 0 radical (unpaired) electrons. The molecule has 1 aliphatic heterocycles. The monoisotopic (exact) mass is 314 g/mol. The molecule has 6 heteroatoms. The van der Waals surface area contributed by atoms with E-state index in [1.807, 2.05) is 13.8 Å². The van der Waals surface area contributed by atoms with E-state index in [0.29, 0.717) is 17.1 Å². The molecule has 2 amide bonds. The predicted molar refractivity (Wildman–Crippen MR) is 85.8 cm³/mol. The van der Waals surface area contributed by atoms with Crippen LogP contribution in [0.1, 0.15) is 24.4 Å². The number of benzene rings is 1. The Morgan fingerprint density at radius 3 is 2.78 bits per heavy atom. The largest absolute Gasteiger partial charge is 0.490 e. The summed E-state index contributed by atoms with van der Waals surface area (Å²) in [5, 5.41) is 2.75. The van der Waals surface area contributed by atoms with E-state index in [1.54, 1.807) is 42.3 Å². The molecule has 0 saturated carbocycles. The number of hydrogen-bond donors (Lipinski definition) is 1. The standard InChI is InChI=1S/C17H18N2O4/c1-17(2)10-23-14-9-11(6-7-12(14)19(3)16(17)21)18-15(20)13-5-4-8-22-13/h4-9H,10H2,1-3H3,(H,18,20). The first-order valence-electron chi connectivity index (χ1n) is 7.28. The Labute approximate surface area is 134 Å². The third kappa shape index (κ3) is 2.79. The van der Waals surface area contributed by atoms with Crippen LogP contribution in [0.5, 0.6) is 5.75 Å². The summed E-state index contributed by atoms with van der Waals surface area (Å²) in [4.78, 5) is 26.0. The third-order valence-electron chi connectivity index (χ3n) is 3.80. The molecule has 0 atom stereocenters. The SMILES string of the molecule is CN1C(=O)C(C)(C)COc2cc(NC(=O)c3ccco3)ccc21. The Hall–Kier alpha value is -2.76. The molecular weight excluding hydrogens is 296 g/mol. The van der Waals surface area contributed by atoms with Gasteiger partial charge in [-0.1, -0.05) is 0 Å². The third-order valence-corrected chi connectivity index (χ3v) is 3.80. The highest BCUT2D eigenvalue weighted by Crippen LogP contribution is 2.37. The summed E-state index contributed by atoms with van der Waals surface area (Å²) in [5.41, 5.74) is 0.646. The number of ether oxygens (including phenoxy) is 1. The zero-order chi connectivity index (χ0) is 16.6. The molecule has 1 aromatic carbocycles. The fraction of sp³-hybridized carbons (Fsp3) is 0.294. The Balaban J connectivity index is 1.87. The minimum absolute atomic E-state index is 0.0105. The average Bonchev–Trinajstić information content (AvgIpc) is 3.03. The zero-order valence-electron chi connectivity index (χ0n) is 13.3. The van der Waals surface area contributed by atoms with Gasteiger partial charge in [0, 0.05) is 18.8 Å². The van der Waals surface area contributed by atoms with Gasteiger partial charge >= 0.3 is 0 Å². The fourth-order valence-corrected chi connectivity index (χ4v) is 2.47. The summed E-state index contributed by atoms with van der Waals surface area (Å²) < 4.78 is 10.8. The lowest BCUT2D eigenvalue weighted by molar-refractivity contribution is -0.127. The van der Waals surface area contributed by atoms with Crippen molar-refractivity contribution in [1.82, 2.24) is 0 Å². The number of fused-ring (bicyclic) bond motifs is 1. The smallest absolute Gasteiger partial charge is 0.291 e. The van der Waals surface area contributed by atoms with Gasteiger partial charge in [0.05, 0.1) is 17.4 Å². The van der Waals surface area contributed by atoms with E-state index in [-0.39, 0.29) is 24.2 Å². The normalized spacial score (nSPS) is 16.3. The van der Waals surface area contributed by atoms with E-state index in [4.69, 9.17) is 9.15 Å². The molecule has 0 saturated heterocycles. The van der Waals surface area contributed by atoms with Gasteiger partial charge < -0.3 is 19.4 Å². The van der Waals surface area contributed by atoms with Gasteiger partial charge in [0.1, 0.15) is 12.4 Å². The fourth-order valence-electron chi connectivity index (χ4n) is 2.47. The molecular formula is C17H18N2O4. The summed E-state index contributed by atoms with van der Waals surface area (Å²) in [5.74, 6) is 0.440. The maximum atomic E-state index is 12.4. The van der Waals surface area contributed by atoms with E-state index in [9.17, 15) is 9.59 Å². The van der Waals surface area contributed by atoms with Crippen LogP contribution in [0.25, 0.3) is 0 Å². The summed E-state index contributed by atoms with van der Waals surface area (Å²) >= 11 is 0. The van der Waals surface area contributed by atoms with Crippen LogP contribution in [0.3, 0.4) is 0 Å². The number of hydrogen-bond acceptors (Lipinski definition) is 4. The molecule has 2 heterocycles. The summed E-state index contributed by atoms with van der Waals surface area (Å²) in [6, 6.07) is 8.43. The van der Waals surface area contributed by atoms with Gasteiger partial charge in [-0.25, -0.2) is 0 Å². The van der Waals surface area contributed by atoms with E-state index in [0.717, 1.165) is 0 Å². The van der Waals surface area contributed by atoms with Crippen molar-refractivity contribution >= 4 is 23.2 Å². The van der Waals surface area contributed by atoms with Crippen LogP contribution in [0.2, 0.25) is 0 Å². The molecule has 1 aliphatic rings. The van der Waals surface area contributed by atoms with Crippen LogP contribution in [-0.4, -0.2) is 25.5 Å². The number of nitrogens with zero attached hydrogens (tertiary/aromatic N) is 1. The molecule has 0 unspecified atom stereocenters. The number of furan rings is 1. The lowest BCUT2D eigenvalue weighted by Gasteiger charge is -2.24. The Morgan fingerprint density at radius 2 is 2.09 bits per heavy atom. The van der Waals surface area contributed by atoms with E-state index < -0.39 is 5.41 Å². The maximum Gasteiger partial charge on any atom is 0.291 e. The second kappa shape index (κ2) is 5.46. The molecule has 6 nitrogen and oxygen atoms in total. The molecule has 23 heavy (non-hydrogen) atoms. The first-order valence-corrected chi connectivity index (χ1v) is 7.28. The van der Waals surface area contributed by atoms with Gasteiger partial charge in [-0.3, -0.25) is 9.59 Å². The minimum atomic E-state index is -0.606. The highest BCUT2D eigenvalue weighted by molar-refractivity contribution is 6.03. The van der Waals surface area contributed by atoms with E-state index in [1.165, 1.54) is 6.26 Å². The number of carbonyl (C=O) groups is 2. The molecule has 0 fully saturated rings. The molecule has 0 spiro atoms. The second-order valence-electron chi connectivity index (χ2n) is 6.15.